The molecule has 0 aliphatic rings. The van der Waals surface area contributed by atoms with Crippen molar-refractivity contribution in [2.75, 3.05) is 6.54 Å². The molecular weight excluding hydrogens is 201 g/mol. The largest absolute Gasteiger partial charge is 0.330 e. The minimum Gasteiger partial charge on any atom is -0.330 e. The molecule has 4 nitrogen and oxygen atoms in total. The van der Waals surface area contributed by atoms with Gasteiger partial charge in [-0.2, -0.15) is 0 Å². The highest BCUT2D eigenvalue weighted by Crippen LogP contribution is 1.87. The highest BCUT2D eigenvalue weighted by atomic mass is 35.5. The molecule has 0 aliphatic carbocycles. The van der Waals surface area contributed by atoms with Crippen LogP contribution in [0, 0.1) is 0 Å². The van der Waals surface area contributed by atoms with Crippen LogP contribution >= 0.6 is 24.8 Å². The van der Waals surface area contributed by atoms with Crippen LogP contribution in [0.15, 0.2) is 10.9 Å². The van der Waals surface area contributed by atoms with Gasteiger partial charge >= 0.3 is 0 Å². The highest BCUT2D eigenvalue weighted by molar-refractivity contribution is 5.85. The normalized spacial score (nSPS) is 8.50. The standard InChI is InChI=1S/C6H11N3O.2ClH/c1-9-6(10)4-5(8-9)2-3-7;;/h4,8H,2-3,7H2,1H3;2*1H. The summed E-state index contributed by atoms with van der Waals surface area (Å²) in [6, 6.07) is 1.56. The van der Waals surface area contributed by atoms with Crippen molar-refractivity contribution in [2.24, 2.45) is 12.8 Å². The van der Waals surface area contributed by atoms with E-state index in [9.17, 15) is 4.79 Å². The zero-order valence-corrected chi connectivity index (χ0v) is 8.37. The second-order valence-electron chi connectivity index (χ2n) is 2.22. The number of aromatic amines is 1. The summed E-state index contributed by atoms with van der Waals surface area (Å²) in [6.45, 7) is 0.569. The molecule has 0 aliphatic heterocycles. The molecule has 0 fully saturated rings. The van der Waals surface area contributed by atoms with Crippen molar-refractivity contribution in [3.63, 3.8) is 0 Å². The summed E-state index contributed by atoms with van der Waals surface area (Å²) in [5, 5.41) is 2.87. The van der Waals surface area contributed by atoms with Crippen LogP contribution in [0.5, 0.6) is 0 Å². The van der Waals surface area contributed by atoms with E-state index in [4.69, 9.17) is 5.73 Å². The van der Waals surface area contributed by atoms with Crippen LogP contribution in [0.3, 0.4) is 0 Å². The molecule has 0 radical (unpaired) electrons. The van der Waals surface area contributed by atoms with Crippen LogP contribution in [-0.2, 0) is 13.5 Å². The molecule has 0 saturated carbocycles. The lowest BCUT2D eigenvalue weighted by Gasteiger charge is -1.90. The average Bonchev–Trinajstić information content (AvgIpc) is 2.14. The summed E-state index contributed by atoms with van der Waals surface area (Å²) < 4.78 is 1.44. The van der Waals surface area contributed by atoms with Gasteiger partial charge in [0, 0.05) is 25.2 Å². The van der Waals surface area contributed by atoms with Crippen molar-refractivity contribution >= 4 is 24.8 Å². The van der Waals surface area contributed by atoms with Crippen molar-refractivity contribution in [3.8, 4) is 0 Å². The molecule has 1 aromatic rings. The molecule has 0 atom stereocenters. The first-order valence-corrected chi connectivity index (χ1v) is 3.19. The van der Waals surface area contributed by atoms with E-state index in [0.29, 0.717) is 6.54 Å². The summed E-state index contributed by atoms with van der Waals surface area (Å²) in [5.74, 6) is 0. The van der Waals surface area contributed by atoms with Crippen molar-refractivity contribution in [1.29, 1.82) is 0 Å². The van der Waals surface area contributed by atoms with Crippen LogP contribution in [-0.4, -0.2) is 16.3 Å². The molecule has 3 N–H and O–H groups in total. The molecule has 72 valence electrons. The molecular formula is C6H13Cl2N3O. The number of rotatable bonds is 2. The van der Waals surface area contributed by atoms with Crippen LogP contribution < -0.4 is 11.3 Å². The second-order valence-corrected chi connectivity index (χ2v) is 2.22. The van der Waals surface area contributed by atoms with E-state index in [1.165, 1.54) is 4.68 Å². The summed E-state index contributed by atoms with van der Waals surface area (Å²) in [4.78, 5) is 10.8. The zero-order valence-electron chi connectivity index (χ0n) is 6.74. The third kappa shape index (κ3) is 3.30. The first-order valence-electron chi connectivity index (χ1n) is 3.19. The van der Waals surface area contributed by atoms with E-state index in [1.807, 2.05) is 0 Å². The summed E-state index contributed by atoms with van der Waals surface area (Å²) in [5.41, 5.74) is 6.18. The van der Waals surface area contributed by atoms with E-state index in [1.54, 1.807) is 13.1 Å². The molecule has 6 heteroatoms. The predicted molar refractivity (Wildman–Crippen MR) is 53.3 cm³/mol. The van der Waals surface area contributed by atoms with Crippen molar-refractivity contribution in [2.45, 2.75) is 6.42 Å². The summed E-state index contributed by atoms with van der Waals surface area (Å²) in [6.07, 6.45) is 0.732. The molecule has 1 heterocycles. The van der Waals surface area contributed by atoms with Gasteiger partial charge in [0.1, 0.15) is 0 Å². The quantitative estimate of drug-likeness (QED) is 0.731. The SMILES string of the molecule is Cl.Cl.Cn1[nH]c(CCN)cc1=O. The molecule has 1 rings (SSSR count). The van der Waals surface area contributed by atoms with Gasteiger partial charge in [-0.3, -0.25) is 14.6 Å². The number of H-pyrrole nitrogens is 1. The minimum absolute atomic E-state index is 0. The zero-order chi connectivity index (χ0) is 7.56. The van der Waals surface area contributed by atoms with E-state index in [0.717, 1.165) is 12.1 Å². The average molecular weight is 214 g/mol. The first-order chi connectivity index (χ1) is 4.74. The maximum Gasteiger partial charge on any atom is 0.266 e. The smallest absolute Gasteiger partial charge is 0.266 e. The maximum absolute atomic E-state index is 10.8. The van der Waals surface area contributed by atoms with Crippen LogP contribution in [0.1, 0.15) is 5.69 Å². The molecule has 0 bridgehead atoms. The number of aromatic nitrogens is 2. The number of hydrogen-bond donors (Lipinski definition) is 2. The number of halogens is 2. The minimum atomic E-state index is -0.0107. The lowest BCUT2D eigenvalue weighted by atomic mass is 10.3. The molecule has 0 saturated heterocycles. The van der Waals surface area contributed by atoms with Crippen LogP contribution in [0.25, 0.3) is 0 Å². The lowest BCUT2D eigenvalue weighted by Crippen LogP contribution is -2.09. The van der Waals surface area contributed by atoms with Gasteiger partial charge in [-0.25, -0.2) is 0 Å². The Morgan fingerprint density at radius 1 is 1.58 bits per heavy atom. The Kier molecular flexibility index (Phi) is 7.18. The monoisotopic (exact) mass is 213 g/mol. The van der Waals surface area contributed by atoms with E-state index < -0.39 is 0 Å². The number of nitrogens with zero attached hydrogens (tertiary/aromatic N) is 1. The Balaban J connectivity index is 0. The number of nitrogens with two attached hydrogens (primary N) is 1. The Labute approximate surface area is 82.9 Å². The summed E-state index contributed by atoms with van der Waals surface area (Å²) >= 11 is 0. The van der Waals surface area contributed by atoms with E-state index >= 15 is 0 Å². The molecule has 12 heavy (non-hydrogen) atoms. The number of aryl methyl sites for hydroxylation is 1. The van der Waals surface area contributed by atoms with Gasteiger partial charge in [0.2, 0.25) is 0 Å². The fraction of sp³-hybridized carbons (Fsp3) is 0.500. The third-order valence-electron chi connectivity index (χ3n) is 1.35. The van der Waals surface area contributed by atoms with Crippen molar-refractivity contribution in [1.82, 2.24) is 9.78 Å². The molecule has 0 aromatic carbocycles. The fourth-order valence-corrected chi connectivity index (χ4v) is 0.832. The number of hydrogen-bond acceptors (Lipinski definition) is 2. The molecule has 0 spiro atoms. The van der Waals surface area contributed by atoms with Crippen molar-refractivity contribution in [3.05, 3.63) is 22.1 Å². The van der Waals surface area contributed by atoms with Gasteiger partial charge in [-0.15, -0.1) is 24.8 Å². The maximum atomic E-state index is 10.8. The summed E-state index contributed by atoms with van der Waals surface area (Å²) in [7, 11) is 1.68. The lowest BCUT2D eigenvalue weighted by molar-refractivity contribution is 0.718. The fourth-order valence-electron chi connectivity index (χ4n) is 0.832. The van der Waals surface area contributed by atoms with Gasteiger partial charge in [0.05, 0.1) is 0 Å². The second kappa shape index (κ2) is 6.11. The molecule has 0 unspecified atom stereocenters. The molecule has 0 amide bonds. The van der Waals surface area contributed by atoms with E-state index in [-0.39, 0.29) is 30.4 Å². The Morgan fingerprint density at radius 3 is 2.50 bits per heavy atom. The third-order valence-corrected chi connectivity index (χ3v) is 1.35. The topological polar surface area (TPSA) is 63.8 Å². The Bertz CT molecular complexity index is 268. The van der Waals surface area contributed by atoms with Crippen molar-refractivity contribution < 1.29 is 0 Å². The van der Waals surface area contributed by atoms with Gasteiger partial charge in [0.15, 0.2) is 0 Å². The van der Waals surface area contributed by atoms with Gasteiger partial charge in [-0.1, -0.05) is 0 Å². The Hall–Kier alpha value is -0.450. The van der Waals surface area contributed by atoms with Crippen LogP contribution in [0.2, 0.25) is 0 Å². The van der Waals surface area contributed by atoms with Crippen LogP contribution in [0.4, 0.5) is 0 Å². The predicted octanol–water partition coefficient (Wildman–Crippen LogP) is 0.0582. The Morgan fingerprint density at radius 2 is 2.17 bits per heavy atom. The highest BCUT2D eigenvalue weighted by Gasteiger charge is 1.96. The van der Waals surface area contributed by atoms with Gasteiger partial charge in [0.25, 0.3) is 5.56 Å². The van der Waals surface area contributed by atoms with Gasteiger partial charge < -0.3 is 5.73 Å². The molecule has 1 aromatic heterocycles. The number of nitrogens with one attached hydrogen (secondary N) is 1. The van der Waals surface area contributed by atoms with Gasteiger partial charge in [-0.05, 0) is 6.54 Å². The first kappa shape index (κ1) is 14.1. The van der Waals surface area contributed by atoms with E-state index in [2.05, 4.69) is 5.10 Å².